The minimum atomic E-state index is -1.03. The summed E-state index contributed by atoms with van der Waals surface area (Å²) in [5.74, 6) is -0.992. The van der Waals surface area contributed by atoms with Gasteiger partial charge in [-0.05, 0) is 17.8 Å². The predicted molar refractivity (Wildman–Crippen MR) is 71.6 cm³/mol. The van der Waals surface area contributed by atoms with Crippen LogP contribution in [0, 0.1) is 11.3 Å². The number of aliphatic carboxylic acids is 1. The van der Waals surface area contributed by atoms with Crippen molar-refractivity contribution in [2.75, 3.05) is 6.54 Å². The Labute approximate surface area is 114 Å². The molecule has 5 heteroatoms. The van der Waals surface area contributed by atoms with Crippen LogP contribution in [-0.2, 0) is 9.59 Å². The lowest BCUT2D eigenvalue weighted by Crippen LogP contribution is -2.41. The van der Waals surface area contributed by atoms with Gasteiger partial charge in [-0.3, -0.25) is 4.79 Å². The molecule has 1 aliphatic heterocycles. The van der Waals surface area contributed by atoms with Gasteiger partial charge >= 0.3 is 5.97 Å². The van der Waals surface area contributed by atoms with E-state index < -0.39 is 18.1 Å². The molecule has 0 radical (unpaired) electrons. The smallest absolute Gasteiger partial charge is 0.326 e. The molecule has 3 atom stereocenters. The molecule has 1 rings (SSSR count). The average Bonchev–Trinajstić information content (AvgIpc) is 2.57. The number of aliphatic hydroxyl groups excluding tert-OH is 1. The highest BCUT2D eigenvalue weighted by Gasteiger charge is 2.39. The molecule has 2 N–H and O–H groups in total. The molecule has 0 spiro atoms. The Hall–Kier alpha value is -1.10. The van der Waals surface area contributed by atoms with Crippen molar-refractivity contribution in [1.29, 1.82) is 0 Å². The van der Waals surface area contributed by atoms with E-state index in [4.69, 9.17) is 5.11 Å². The third-order valence-electron chi connectivity index (χ3n) is 3.37. The maximum atomic E-state index is 12.2. The van der Waals surface area contributed by atoms with Crippen LogP contribution in [0.1, 0.15) is 47.0 Å². The number of likely N-dealkylation sites (tertiary alicyclic amines) is 1. The lowest BCUT2D eigenvalue weighted by atomic mass is 9.84. The summed E-state index contributed by atoms with van der Waals surface area (Å²) in [6.07, 6.45) is 0.665. The van der Waals surface area contributed by atoms with Gasteiger partial charge in [0.25, 0.3) is 0 Å². The van der Waals surface area contributed by atoms with Gasteiger partial charge in [0.2, 0.25) is 5.91 Å². The fourth-order valence-electron chi connectivity index (χ4n) is 2.86. The molecule has 1 heterocycles. The lowest BCUT2D eigenvalue weighted by Gasteiger charge is -2.26. The van der Waals surface area contributed by atoms with Crippen molar-refractivity contribution >= 4 is 11.9 Å². The molecule has 1 fully saturated rings. The van der Waals surface area contributed by atoms with Crippen molar-refractivity contribution in [2.45, 2.75) is 59.1 Å². The van der Waals surface area contributed by atoms with E-state index in [0.29, 0.717) is 6.42 Å². The third kappa shape index (κ3) is 4.82. The van der Waals surface area contributed by atoms with Crippen LogP contribution in [0.2, 0.25) is 0 Å². The molecule has 0 bridgehead atoms. The zero-order chi connectivity index (χ0) is 14.8. The number of rotatable bonds is 4. The number of carboxylic acids is 1. The first-order valence-electron chi connectivity index (χ1n) is 6.80. The Morgan fingerprint density at radius 1 is 1.37 bits per heavy atom. The third-order valence-corrected chi connectivity index (χ3v) is 3.37. The maximum Gasteiger partial charge on any atom is 0.326 e. The summed E-state index contributed by atoms with van der Waals surface area (Å²) in [6.45, 7) is 8.50. The topological polar surface area (TPSA) is 77.8 Å². The summed E-state index contributed by atoms with van der Waals surface area (Å²) in [4.78, 5) is 24.5. The van der Waals surface area contributed by atoms with Crippen LogP contribution in [0.5, 0.6) is 0 Å². The molecular weight excluding hydrogens is 246 g/mol. The van der Waals surface area contributed by atoms with Gasteiger partial charge in [0, 0.05) is 19.4 Å². The van der Waals surface area contributed by atoms with Crippen molar-refractivity contribution in [3.8, 4) is 0 Å². The number of amides is 1. The number of β-amino-alcohol motifs (C(OH)–C–C–N with tert-alkyl or cyclic N) is 1. The van der Waals surface area contributed by atoms with E-state index in [1.165, 1.54) is 4.90 Å². The van der Waals surface area contributed by atoms with Gasteiger partial charge in [-0.15, -0.1) is 0 Å². The Morgan fingerprint density at radius 3 is 2.42 bits per heavy atom. The van der Waals surface area contributed by atoms with Crippen LogP contribution < -0.4 is 0 Å². The quantitative estimate of drug-likeness (QED) is 0.812. The highest BCUT2D eigenvalue weighted by molar-refractivity contribution is 5.84. The van der Waals surface area contributed by atoms with Crippen LogP contribution in [0.25, 0.3) is 0 Å². The van der Waals surface area contributed by atoms with Crippen LogP contribution in [0.4, 0.5) is 0 Å². The van der Waals surface area contributed by atoms with E-state index in [1.807, 2.05) is 6.92 Å². The monoisotopic (exact) mass is 271 g/mol. The zero-order valence-corrected chi connectivity index (χ0v) is 12.2. The van der Waals surface area contributed by atoms with Gasteiger partial charge in [0.1, 0.15) is 6.04 Å². The molecule has 110 valence electrons. The molecule has 2 unspecified atom stereocenters. The van der Waals surface area contributed by atoms with E-state index in [2.05, 4.69) is 20.8 Å². The first-order chi connectivity index (χ1) is 8.60. The second-order valence-electron chi connectivity index (χ2n) is 6.86. The van der Waals surface area contributed by atoms with E-state index >= 15 is 0 Å². The molecule has 1 saturated heterocycles. The summed E-state index contributed by atoms with van der Waals surface area (Å²) in [5.41, 5.74) is 0.149. The van der Waals surface area contributed by atoms with Gasteiger partial charge in [0.05, 0.1) is 6.10 Å². The largest absolute Gasteiger partial charge is 0.480 e. The van der Waals surface area contributed by atoms with Gasteiger partial charge < -0.3 is 15.1 Å². The Balaban J connectivity index is 2.59. The van der Waals surface area contributed by atoms with Crippen LogP contribution in [0.3, 0.4) is 0 Å². The standard InChI is InChI=1S/C14H25NO4/c1-9(7-14(2,3)4)5-12(17)15-8-10(16)6-11(15)13(18)19/h9-11,16H,5-8H2,1-4H3,(H,18,19)/t9?,10?,11-/m0/s1. The van der Waals surface area contributed by atoms with E-state index in [0.717, 1.165) is 6.42 Å². The van der Waals surface area contributed by atoms with Crippen molar-refractivity contribution in [3.05, 3.63) is 0 Å². The molecule has 0 aliphatic carbocycles. The van der Waals surface area contributed by atoms with Crippen molar-refractivity contribution in [3.63, 3.8) is 0 Å². The summed E-state index contributed by atoms with van der Waals surface area (Å²) in [5, 5.41) is 18.6. The second-order valence-corrected chi connectivity index (χ2v) is 6.86. The molecule has 19 heavy (non-hydrogen) atoms. The van der Waals surface area contributed by atoms with Crippen molar-refractivity contribution < 1.29 is 19.8 Å². The first-order valence-corrected chi connectivity index (χ1v) is 6.80. The van der Waals surface area contributed by atoms with E-state index in [-0.39, 0.29) is 30.2 Å². The molecule has 1 amide bonds. The first kappa shape index (κ1) is 16.0. The average molecular weight is 271 g/mol. The second kappa shape index (κ2) is 5.90. The molecule has 0 aromatic rings. The molecule has 0 saturated carbocycles. The van der Waals surface area contributed by atoms with E-state index in [1.54, 1.807) is 0 Å². The molecular formula is C14H25NO4. The fourth-order valence-corrected chi connectivity index (χ4v) is 2.86. The predicted octanol–water partition coefficient (Wildman–Crippen LogP) is 1.50. The molecule has 0 aromatic carbocycles. The minimum Gasteiger partial charge on any atom is -0.480 e. The van der Waals surface area contributed by atoms with Gasteiger partial charge in [-0.2, -0.15) is 0 Å². The van der Waals surface area contributed by atoms with Crippen LogP contribution in [-0.4, -0.2) is 45.7 Å². The number of hydrogen-bond acceptors (Lipinski definition) is 3. The summed E-state index contributed by atoms with van der Waals surface area (Å²) in [6, 6.07) is -0.871. The fraction of sp³-hybridized carbons (Fsp3) is 0.857. The molecule has 0 aromatic heterocycles. The van der Waals surface area contributed by atoms with E-state index in [9.17, 15) is 14.7 Å². The SMILES string of the molecule is CC(CC(=O)N1CC(O)C[C@H]1C(=O)O)CC(C)(C)C. The van der Waals surface area contributed by atoms with Crippen molar-refractivity contribution in [2.24, 2.45) is 11.3 Å². The van der Waals surface area contributed by atoms with Gasteiger partial charge in [-0.25, -0.2) is 4.79 Å². The minimum absolute atomic E-state index is 0.134. The summed E-state index contributed by atoms with van der Waals surface area (Å²) in [7, 11) is 0. The highest BCUT2D eigenvalue weighted by atomic mass is 16.4. The maximum absolute atomic E-state index is 12.2. The Kier molecular flexibility index (Phi) is 4.96. The number of nitrogens with zero attached hydrogens (tertiary/aromatic N) is 1. The summed E-state index contributed by atoms with van der Waals surface area (Å²) >= 11 is 0. The zero-order valence-electron chi connectivity index (χ0n) is 12.2. The Morgan fingerprint density at radius 2 is 1.95 bits per heavy atom. The Bertz CT molecular complexity index is 348. The van der Waals surface area contributed by atoms with Gasteiger partial charge in [-0.1, -0.05) is 27.7 Å². The molecule has 5 nitrogen and oxygen atoms in total. The summed E-state index contributed by atoms with van der Waals surface area (Å²) < 4.78 is 0. The number of hydrogen-bond donors (Lipinski definition) is 2. The number of aliphatic hydroxyl groups is 1. The normalized spacial score (nSPS) is 25.4. The van der Waals surface area contributed by atoms with Crippen molar-refractivity contribution in [1.82, 2.24) is 4.90 Å². The molecule has 1 aliphatic rings. The lowest BCUT2D eigenvalue weighted by molar-refractivity contribution is -0.148. The van der Waals surface area contributed by atoms with Crippen LogP contribution in [0.15, 0.2) is 0 Å². The number of carbonyl (C=O) groups excluding carboxylic acids is 1. The number of carboxylic acid groups (broad SMARTS) is 1. The number of carbonyl (C=O) groups is 2. The van der Waals surface area contributed by atoms with Crippen LogP contribution >= 0.6 is 0 Å². The highest BCUT2D eigenvalue weighted by Crippen LogP contribution is 2.27. The van der Waals surface area contributed by atoms with Gasteiger partial charge in [0.15, 0.2) is 0 Å².